The number of thiocarbonyl (C=S) groups is 1. The van der Waals surface area contributed by atoms with Crippen molar-refractivity contribution in [2.75, 3.05) is 40.3 Å². The van der Waals surface area contributed by atoms with E-state index in [2.05, 4.69) is 54.1 Å². The number of aryl methyl sites for hydroxylation is 2. The third-order valence-electron chi connectivity index (χ3n) is 5.69. The maximum absolute atomic E-state index is 12.8. The second-order valence-corrected chi connectivity index (χ2v) is 8.94. The summed E-state index contributed by atoms with van der Waals surface area (Å²) >= 11 is 5.70. The van der Waals surface area contributed by atoms with E-state index in [0.29, 0.717) is 18.2 Å². The van der Waals surface area contributed by atoms with Crippen LogP contribution in [-0.2, 0) is 11.3 Å². The van der Waals surface area contributed by atoms with Crippen LogP contribution >= 0.6 is 12.2 Å². The highest BCUT2D eigenvalue weighted by molar-refractivity contribution is 7.80. The van der Waals surface area contributed by atoms with Crippen molar-refractivity contribution in [3.8, 4) is 0 Å². The van der Waals surface area contributed by atoms with E-state index in [0.717, 1.165) is 55.4 Å². The molecule has 2 aromatic rings. The van der Waals surface area contributed by atoms with E-state index in [1.807, 2.05) is 12.1 Å². The molecule has 1 aliphatic heterocycles. The first kappa shape index (κ1) is 22.7. The monoisotopic (exact) mass is 430 g/mol. The third-order valence-corrected chi connectivity index (χ3v) is 6.09. The molecule has 7 heteroatoms. The molecule has 0 amide bonds. The Morgan fingerprint density at radius 3 is 2.73 bits per heavy atom. The van der Waals surface area contributed by atoms with Gasteiger partial charge in [0.1, 0.15) is 0 Å². The number of H-pyrrole nitrogens is 1. The molecule has 2 heterocycles. The van der Waals surface area contributed by atoms with E-state index in [4.69, 9.17) is 17.0 Å². The zero-order chi connectivity index (χ0) is 21.7. The number of hydrogen-bond donors (Lipinski definition) is 2. The van der Waals surface area contributed by atoms with Crippen LogP contribution in [0.5, 0.6) is 0 Å². The van der Waals surface area contributed by atoms with Crippen molar-refractivity contribution in [2.45, 2.75) is 45.8 Å². The van der Waals surface area contributed by atoms with Crippen LogP contribution in [0.15, 0.2) is 23.0 Å². The number of fused-ring (bicyclic) bond motifs is 1. The Labute approximate surface area is 184 Å². The van der Waals surface area contributed by atoms with Crippen LogP contribution in [0.25, 0.3) is 10.9 Å². The van der Waals surface area contributed by atoms with Crippen molar-refractivity contribution >= 4 is 28.2 Å². The van der Waals surface area contributed by atoms with Gasteiger partial charge in [0.15, 0.2) is 5.11 Å². The molecule has 30 heavy (non-hydrogen) atoms. The number of pyridine rings is 1. The van der Waals surface area contributed by atoms with Gasteiger partial charge < -0.3 is 24.8 Å². The van der Waals surface area contributed by atoms with E-state index in [1.165, 1.54) is 11.1 Å². The Balaban J connectivity index is 1.77. The fraction of sp³-hybridized carbons (Fsp3) is 0.565. The molecule has 6 nitrogen and oxygen atoms in total. The lowest BCUT2D eigenvalue weighted by atomic mass is 10.0. The molecule has 1 aromatic heterocycles. The van der Waals surface area contributed by atoms with Crippen LogP contribution < -0.4 is 10.9 Å². The standard InChI is InChI=1S/C23H34N4O2S/c1-16-11-18-13-19(22(28)25-21(18)12-17(16)2)14-27(15-20-7-5-10-29-20)23(30)24-8-6-9-26(3)4/h11-13,20H,5-10,14-15H2,1-4H3,(H,24,30)(H,25,28)/t20-/m0/s1. The summed E-state index contributed by atoms with van der Waals surface area (Å²) in [5.41, 5.74) is 3.94. The molecular weight excluding hydrogens is 396 g/mol. The van der Waals surface area contributed by atoms with E-state index in [1.54, 1.807) is 0 Å². The van der Waals surface area contributed by atoms with E-state index < -0.39 is 0 Å². The predicted octanol–water partition coefficient (Wildman–Crippen LogP) is 2.95. The molecule has 164 valence electrons. The first-order valence-electron chi connectivity index (χ1n) is 10.8. The molecule has 2 N–H and O–H groups in total. The van der Waals surface area contributed by atoms with E-state index in [-0.39, 0.29) is 11.7 Å². The number of aromatic nitrogens is 1. The highest BCUT2D eigenvalue weighted by Gasteiger charge is 2.22. The topological polar surface area (TPSA) is 60.6 Å². The smallest absolute Gasteiger partial charge is 0.253 e. The molecule has 1 saturated heterocycles. The van der Waals surface area contributed by atoms with Gasteiger partial charge in [-0.1, -0.05) is 0 Å². The fourth-order valence-electron chi connectivity index (χ4n) is 3.80. The summed E-state index contributed by atoms with van der Waals surface area (Å²) in [6, 6.07) is 6.17. The molecular formula is C23H34N4O2S. The fourth-order valence-corrected chi connectivity index (χ4v) is 4.04. The van der Waals surface area contributed by atoms with Gasteiger partial charge in [-0.3, -0.25) is 4.79 Å². The minimum Gasteiger partial charge on any atom is -0.376 e. The van der Waals surface area contributed by atoms with Gasteiger partial charge in [0.2, 0.25) is 0 Å². The van der Waals surface area contributed by atoms with Crippen molar-refractivity contribution < 1.29 is 4.74 Å². The molecule has 0 saturated carbocycles. The quantitative estimate of drug-likeness (QED) is 0.496. The zero-order valence-electron chi connectivity index (χ0n) is 18.6. The van der Waals surface area contributed by atoms with E-state index >= 15 is 0 Å². The van der Waals surface area contributed by atoms with Gasteiger partial charge in [-0.05, 0) is 101 Å². The lowest BCUT2D eigenvalue weighted by Gasteiger charge is -2.28. The summed E-state index contributed by atoms with van der Waals surface area (Å²) in [7, 11) is 4.13. The molecule has 0 unspecified atom stereocenters. The molecule has 0 spiro atoms. The Bertz CT molecular complexity index is 935. The summed E-state index contributed by atoms with van der Waals surface area (Å²) in [5, 5.41) is 5.10. The van der Waals surface area contributed by atoms with Crippen molar-refractivity contribution in [1.82, 2.24) is 20.1 Å². The van der Waals surface area contributed by atoms with Crippen LogP contribution in [0.3, 0.4) is 0 Å². The molecule has 1 fully saturated rings. The van der Waals surface area contributed by atoms with Crippen LogP contribution in [0.4, 0.5) is 0 Å². The lowest BCUT2D eigenvalue weighted by Crippen LogP contribution is -2.44. The zero-order valence-corrected chi connectivity index (χ0v) is 19.4. The van der Waals surface area contributed by atoms with Crippen LogP contribution in [0.1, 0.15) is 36.0 Å². The molecule has 0 aliphatic carbocycles. The van der Waals surface area contributed by atoms with Gasteiger partial charge in [0.05, 0.1) is 12.6 Å². The minimum atomic E-state index is -0.0569. The maximum atomic E-state index is 12.8. The number of nitrogens with zero attached hydrogens (tertiary/aromatic N) is 2. The van der Waals surface area contributed by atoms with Crippen molar-refractivity contribution in [2.24, 2.45) is 0 Å². The summed E-state index contributed by atoms with van der Waals surface area (Å²) in [6.07, 6.45) is 3.29. The minimum absolute atomic E-state index is 0.0569. The highest BCUT2D eigenvalue weighted by Crippen LogP contribution is 2.19. The molecule has 0 radical (unpaired) electrons. The van der Waals surface area contributed by atoms with Crippen LogP contribution in [0, 0.1) is 13.8 Å². The molecule has 1 aliphatic rings. The summed E-state index contributed by atoms with van der Waals surface area (Å²) < 4.78 is 5.84. The Morgan fingerprint density at radius 2 is 2.03 bits per heavy atom. The second kappa shape index (κ2) is 10.4. The van der Waals surface area contributed by atoms with E-state index in [9.17, 15) is 4.79 Å². The molecule has 1 aromatic carbocycles. The lowest BCUT2D eigenvalue weighted by molar-refractivity contribution is 0.0897. The van der Waals surface area contributed by atoms with Gasteiger partial charge >= 0.3 is 0 Å². The average molecular weight is 431 g/mol. The molecule has 1 atom stereocenters. The van der Waals surface area contributed by atoms with Gasteiger partial charge in [0.25, 0.3) is 5.56 Å². The van der Waals surface area contributed by atoms with Gasteiger partial charge in [-0.15, -0.1) is 0 Å². The number of aromatic amines is 1. The Kier molecular flexibility index (Phi) is 7.86. The Morgan fingerprint density at radius 1 is 1.27 bits per heavy atom. The van der Waals surface area contributed by atoms with Gasteiger partial charge in [-0.2, -0.15) is 0 Å². The third kappa shape index (κ3) is 6.03. The molecule has 3 rings (SSSR count). The maximum Gasteiger partial charge on any atom is 0.253 e. The summed E-state index contributed by atoms with van der Waals surface area (Å²) in [4.78, 5) is 20.1. The average Bonchev–Trinajstić information content (AvgIpc) is 3.19. The molecule has 0 bridgehead atoms. The SMILES string of the molecule is Cc1cc2cc(CN(C[C@@H]3CCCO3)C(=S)NCCCN(C)C)c(=O)[nH]c2cc1C. The number of ether oxygens (including phenoxy) is 1. The van der Waals surface area contributed by atoms with Crippen LogP contribution in [0.2, 0.25) is 0 Å². The largest absolute Gasteiger partial charge is 0.376 e. The normalized spacial score (nSPS) is 16.4. The van der Waals surface area contributed by atoms with Crippen LogP contribution in [-0.4, -0.2) is 66.3 Å². The first-order chi connectivity index (χ1) is 14.3. The van der Waals surface area contributed by atoms with Crippen molar-refractivity contribution in [3.05, 3.63) is 45.2 Å². The van der Waals surface area contributed by atoms with Crippen molar-refractivity contribution in [3.63, 3.8) is 0 Å². The number of nitrogens with one attached hydrogen (secondary N) is 2. The Hall–Kier alpha value is -1.96. The number of rotatable bonds is 8. The number of hydrogen-bond acceptors (Lipinski definition) is 4. The highest BCUT2D eigenvalue weighted by atomic mass is 32.1. The van der Waals surface area contributed by atoms with Gasteiger partial charge in [0, 0.05) is 30.8 Å². The number of benzene rings is 1. The predicted molar refractivity (Wildman–Crippen MR) is 127 cm³/mol. The van der Waals surface area contributed by atoms with Gasteiger partial charge in [-0.25, -0.2) is 0 Å². The summed E-state index contributed by atoms with van der Waals surface area (Å²) in [5.74, 6) is 0. The first-order valence-corrected chi connectivity index (χ1v) is 11.2. The summed E-state index contributed by atoms with van der Waals surface area (Å²) in [6.45, 7) is 7.94. The second-order valence-electron chi connectivity index (χ2n) is 8.55. The van der Waals surface area contributed by atoms with Crippen molar-refractivity contribution in [1.29, 1.82) is 0 Å².